The van der Waals surface area contributed by atoms with Crippen LogP contribution in [0.5, 0.6) is 0 Å². The Morgan fingerprint density at radius 1 is 0.929 bits per heavy atom. The number of halogens is 1. The molecule has 28 heavy (non-hydrogen) atoms. The molecule has 1 aliphatic rings. The Labute approximate surface area is 172 Å². The van der Waals surface area contributed by atoms with E-state index in [9.17, 15) is 8.42 Å². The van der Waals surface area contributed by atoms with E-state index in [0.717, 1.165) is 16.1 Å². The Bertz CT molecular complexity index is 1060. The van der Waals surface area contributed by atoms with Gasteiger partial charge >= 0.3 is 0 Å². The predicted molar refractivity (Wildman–Crippen MR) is 109 cm³/mol. The van der Waals surface area contributed by atoms with Crippen molar-refractivity contribution in [3.8, 4) is 5.82 Å². The minimum absolute atomic E-state index is 0.309. The van der Waals surface area contributed by atoms with Crippen LogP contribution in [0.1, 0.15) is 5.82 Å². The molecule has 0 saturated carbocycles. The molecule has 1 fully saturated rings. The summed E-state index contributed by atoms with van der Waals surface area (Å²) in [4.78, 5) is 6.54. The molecule has 4 rings (SSSR count). The second-order valence-corrected chi connectivity index (χ2v) is 9.29. The van der Waals surface area contributed by atoms with Crippen molar-refractivity contribution in [3.63, 3.8) is 0 Å². The van der Waals surface area contributed by atoms with Gasteiger partial charge in [-0.3, -0.25) is 4.57 Å². The van der Waals surface area contributed by atoms with Crippen molar-refractivity contribution in [2.24, 2.45) is 0 Å². The Morgan fingerprint density at radius 2 is 1.57 bits per heavy atom. The normalized spacial score (nSPS) is 15.7. The van der Waals surface area contributed by atoms with E-state index in [0.29, 0.717) is 36.9 Å². The van der Waals surface area contributed by atoms with Gasteiger partial charge in [-0.15, -0.1) is 10.2 Å². The Morgan fingerprint density at radius 3 is 2.14 bits per heavy atom. The lowest BCUT2D eigenvalue weighted by Crippen LogP contribution is -2.49. The molecule has 1 aliphatic heterocycles. The number of aromatic nitrogens is 4. The molecule has 0 amide bonds. The molecule has 3 aromatic rings. The third-order valence-electron chi connectivity index (χ3n) is 4.72. The fraction of sp³-hybridized carbons (Fsp3) is 0.278. The van der Waals surface area contributed by atoms with Crippen LogP contribution in [0.25, 0.3) is 5.82 Å². The first kappa shape index (κ1) is 19.0. The lowest BCUT2D eigenvalue weighted by molar-refractivity contribution is 0.383. The van der Waals surface area contributed by atoms with Crippen LogP contribution in [0.2, 0.25) is 0 Å². The van der Waals surface area contributed by atoms with Crippen LogP contribution >= 0.6 is 15.9 Å². The summed E-state index contributed by atoms with van der Waals surface area (Å²) in [7, 11) is -3.49. The summed E-state index contributed by atoms with van der Waals surface area (Å²) in [6, 6.07) is 10.5. The highest BCUT2D eigenvalue weighted by Gasteiger charge is 2.29. The van der Waals surface area contributed by atoms with E-state index >= 15 is 0 Å². The van der Waals surface area contributed by atoms with Gasteiger partial charge in [-0.05, 0) is 43.3 Å². The minimum atomic E-state index is -3.49. The van der Waals surface area contributed by atoms with Gasteiger partial charge in [0.05, 0.1) is 4.90 Å². The summed E-state index contributed by atoms with van der Waals surface area (Å²) in [6.07, 6.45) is 3.56. The van der Waals surface area contributed by atoms with Crippen molar-refractivity contribution in [1.82, 2.24) is 24.1 Å². The fourth-order valence-electron chi connectivity index (χ4n) is 3.15. The standard InChI is InChI=1S/C18H19BrN6O2S/c1-14-20-8-9-25(14)18-7-6-17(21-22-18)23-10-12-24(13-11-23)28(26,27)16-4-2-15(19)3-5-16/h2-9H,10-13H2,1H3. The molecular formula is C18H19BrN6O2S. The molecule has 0 spiro atoms. The van der Waals surface area contributed by atoms with Gasteiger partial charge in [0, 0.05) is 43.0 Å². The SMILES string of the molecule is Cc1nccn1-c1ccc(N2CCN(S(=O)(=O)c3ccc(Br)cc3)CC2)nn1. The number of piperazine rings is 1. The first-order valence-electron chi connectivity index (χ1n) is 8.80. The van der Waals surface area contributed by atoms with Crippen LogP contribution in [-0.2, 0) is 10.0 Å². The largest absolute Gasteiger partial charge is 0.352 e. The molecule has 0 bridgehead atoms. The average molecular weight is 463 g/mol. The average Bonchev–Trinajstić information content (AvgIpc) is 3.14. The predicted octanol–water partition coefficient (Wildman–Crippen LogP) is 2.24. The number of benzene rings is 1. The second kappa shape index (κ2) is 7.61. The maximum atomic E-state index is 12.8. The van der Waals surface area contributed by atoms with Crippen molar-refractivity contribution >= 4 is 31.8 Å². The van der Waals surface area contributed by atoms with Gasteiger partial charge in [-0.2, -0.15) is 4.31 Å². The van der Waals surface area contributed by atoms with Crippen LogP contribution < -0.4 is 4.90 Å². The van der Waals surface area contributed by atoms with Crippen LogP contribution in [0.4, 0.5) is 5.82 Å². The van der Waals surface area contributed by atoms with E-state index in [-0.39, 0.29) is 0 Å². The first-order valence-corrected chi connectivity index (χ1v) is 11.0. The molecule has 0 aliphatic carbocycles. The summed E-state index contributed by atoms with van der Waals surface area (Å²) in [6.45, 7) is 3.84. The van der Waals surface area contributed by atoms with Gasteiger partial charge in [-0.1, -0.05) is 15.9 Å². The van der Waals surface area contributed by atoms with E-state index < -0.39 is 10.0 Å². The quantitative estimate of drug-likeness (QED) is 0.590. The summed E-state index contributed by atoms with van der Waals surface area (Å²) >= 11 is 3.33. The maximum absolute atomic E-state index is 12.8. The molecule has 146 valence electrons. The smallest absolute Gasteiger partial charge is 0.243 e. The monoisotopic (exact) mass is 462 g/mol. The van der Waals surface area contributed by atoms with Gasteiger partial charge < -0.3 is 4.90 Å². The zero-order chi connectivity index (χ0) is 19.7. The zero-order valence-corrected chi connectivity index (χ0v) is 17.6. The van der Waals surface area contributed by atoms with E-state index in [1.165, 1.54) is 4.31 Å². The van der Waals surface area contributed by atoms with Crippen molar-refractivity contribution in [1.29, 1.82) is 0 Å². The van der Waals surface area contributed by atoms with Crippen LogP contribution in [0, 0.1) is 6.92 Å². The zero-order valence-electron chi connectivity index (χ0n) is 15.2. The molecule has 0 radical (unpaired) electrons. The molecule has 1 saturated heterocycles. The van der Waals surface area contributed by atoms with Crippen molar-refractivity contribution in [2.45, 2.75) is 11.8 Å². The molecule has 10 heteroatoms. The lowest BCUT2D eigenvalue weighted by atomic mass is 10.3. The minimum Gasteiger partial charge on any atom is -0.352 e. The number of nitrogens with zero attached hydrogens (tertiary/aromatic N) is 6. The number of rotatable bonds is 4. The van der Waals surface area contributed by atoms with Crippen molar-refractivity contribution in [3.05, 3.63) is 59.1 Å². The van der Waals surface area contributed by atoms with Gasteiger partial charge in [0.2, 0.25) is 10.0 Å². The number of aryl methyl sites for hydroxylation is 1. The summed E-state index contributed by atoms with van der Waals surface area (Å²) in [5, 5.41) is 8.58. The lowest BCUT2D eigenvalue weighted by Gasteiger charge is -2.34. The van der Waals surface area contributed by atoms with Gasteiger partial charge in [-0.25, -0.2) is 13.4 Å². The molecule has 0 atom stereocenters. The van der Waals surface area contributed by atoms with Crippen molar-refractivity contribution < 1.29 is 8.42 Å². The molecule has 0 N–H and O–H groups in total. The number of sulfonamides is 1. The third kappa shape index (κ3) is 3.67. The van der Waals surface area contributed by atoms with Crippen LogP contribution in [-0.4, -0.2) is 58.7 Å². The number of anilines is 1. The van der Waals surface area contributed by atoms with Crippen LogP contribution in [0.3, 0.4) is 0 Å². The van der Waals surface area contributed by atoms with Gasteiger partial charge in [0.25, 0.3) is 0 Å². The molecule has 1 aromatic carbocycles. The molecule has 3 heterocycles. The van der Waals surface area contributed by atoms with E-state index in [4.69, 9.17) is 0 Å². The Hall–Kier alpha value is -2.30. The summed E-state index contributed by atoms with van der Waals surface area (Å²) in [5.41, 5.74) is 0. The highest BCUT2D eigenvalue weighted by molar-refractivity contribution is 9.10. The second-order valence-electron chi connectivity index (χ2n) is 6.44. The van der Waals surface area contributed by atoms with Crippen LogP contribution in [0.15, 0.2) is 58.2 Å². The third-order valence-corrected chi connectivity index (χ3v) is 7.16. The van der Waals surface area contributed by atoms with Gasteiger partial charge in [0.1, 0.15) is 5.82 Å². The Balaban J connectivity index is 1.44. The molecule has 2 aromatic heterocycles. The highest BCUT2D eigenvalue weighted by Crippen LogP contribution is 2.22. The van der Waals surface area contributed by atoms with Crippen molar-refractivity contribution in [2.75, 3.05) is 31.1 Å². The van der Waals surface area contributed by atoms with E-state index in [2.05, 4.69) is 31.1 Å². The fourth-order valence-corrected chi connectivity index (χ4v) is 4.84. The highest BCUT2D eigenvalue weighted by atomic mass is 79.9. The molecule has 0 unspecified atom stereocenters. The van der Waals surface area contributed by atoms with E-state index in [1.807, 2.05) is 34.7 Å². The Kier molecular flexibility index (Phi) is 5.17. The number of hydrogen-bond donors (Lipinski definition) is 0. The molecular weight excluding hydrogens is 444 g/mol. The van der Waals surface area contributed by atoms with Gasteiger partial charge in [0.15, 0.2) is 11.6 Å². The number of hydrogen-bond acceptors (Lipinski definition) is 6. The summed E-state index contributed by atoms with van der Waals surface area (Å²) in [5.74, 6) is 2.28. The van der Waals surface area contributed by atoms with E-state index in [1.54, 1.807) is 30.5 Å². The summed E-state index contributed by atoms with van der Waals surface area (Å²) < 4.78 is 29.8. The maximum Gasteiger partial charge on any atom is 0.243 e. The topological polar surface area (TPSA) is 84.2 Å². The first-order chi connectivity index (χ1) is 13.4. The molecule has 8 nitrogen and oxygen atoms in total. The number of imidazole rings is 1.